The molecule has 0 atom stereocenters. The molecular formula is C17H18N2O3. The van der Waals surface area contributed by atoms with E-state index in [4.69, 9.17) is 4.74 Å². The van der Waals surface area contributed by atoms with Gasteiger partial charge in [-0.25, -0.2) is 4.79 Å². The van der Waals surface area contributed by atoms with Crippen LogP contribution in [-0.4, -0.2) is 22.1 Å². The first-order valence-electron chi connectivity index (χ1n) is 7.24. The molecular weight excluding hydrogens is 280 g/mol. The molecule has 3 aromatic rings. The highest BCUT2D eigenvalue weighted by molar-refractivity contribution is 6.07. The molecule has 3 rings (SSSR count). The van der Waals surface area contributed by atoms with Crippen molar-refractivity contribution in [2.24, 2.45) is 7.05 Å². The van der Waals surface area contributed by atoms with Gasteiger partial charge >= 0.3 is 5.97 Å². The molecule has 0 amide bonds. The fourth-order valence-corrected chi connectivity index (χ4v) is 2.91. The Morgan fingerprint density at radius 1 is 1.32 bits per heavy atom. The van der Waals surface area contributed by atoms with Gasteiger partial charge in [0.05, 0.1) is 23.0 Å². The van der Waals surface area contributed by atoms with Gasteiger partial charge in [0, 0.05) is 24.2 Å². The van der Waals surface area contributed by atoms with Crippen molar-refractivity contribution in [1.82, 2.24) is 9.55 Å². The number of H-pyrrole nitrogens is 1. The highest BCUT2D eigenvalue weighted by Crippen LogP contribution is 2.28. The normalized spacial score (nSPS) is 11.3. The number of aryl methyl sites for hydroxylation is 2. The van der Waals surface area contributed by atoms with Gasteiger partial charge in [-0.2, -0.15) is 0 Å². The summed E-state index contributed by atoms with van der Waals surface area (Å²) >= 11 is 0. The van der Waals surface area contributed by atoms with Gasteiger partial charge in [-0.05, 0) is 32.4 Å². The van der Waals surface area contributed by atoms with E-state index in [1.165, 1.54) is 6.07 Å². The van der Waals surface area contributed by atoms with E-state index in [9.17, 15) is 9.59 Å². The number of ether oxygens (including phenoxy) is 1. The van der Waals surface area contributed by atoms with Crippen LogP contribution in [-0.2, 0) is 11.8 Å². The van der Waals surface area contributed by atoms with E-state index in [1.54, 1.807) is 6.92 Å². The van der Waals surface area contributed by atoms with E-state index >= 15 is 0 Å². The molecule has 0 saturated heterocycles. The molecule has 2 heterocycles. The summed E-state index contributed by atoms with van der Waals surface area (Å²) in [5.74, 6) is -0.513. The van der Waals surface area contributed by atoms with Crippen molar-refractivity contribution in [2.75, 3.05) is 6.61 Å². The Kier molecular flexibility index (Phi) is 3.28. The van der Waals surface area contributed by atoms with Crippen molar-refractivity contribution < 1.29 is 9.53 Å². The van der Waals surface area contributed by atoms with Crippen LogP contribution in [0.25, 0.3) is 21.8 Å². The number of nitrogens with zero attached hydrogens (tertiary/aromatic N) is 1. The van der Waals surface area contributed by atoms with Gasteiger partial charge < -0.3 is 14.3 Å². The number of esters is 1. The number of benzene rings is 1. The Balaban J connectivity index is 2.39. The quantitative estimate of drug-likeness (QED) is 0.740. The van der Waals surface area contributed by atoms with Crippen LogP contribution in [0.3, 0.4) is 0 Å². The predicted molar refractivity (Wildman–Crippen MR) is 86.5 cm³/mol. The fraction of sp³-hybridized carbons (Fsp3) is 0.294. The first-order valence-corrected chi connectivity index (χ1v) is 7.24. The summed E-state index contributed by atoms with van der Waals surface area (Å²) in [5.41, 5.74) is 3.82. The van der Waals surface area contributed by atoms with Gasteiger partial charge in [0.25, 0.3) is 0 Å². The number of fused-ring (bicyclic) bond motifs is 3. The standard InChI is InChI=1S/C17H18N2O3/c1-5-22-17(21)13-8-14(20)15-12(18-13)7-6-11-9(2)10(3)19(4)16(11)15/h6-8H,5H2,1-4H3,(H,18,20). The maximum Gasteiger partial charge on any atom is 0.354 e. The predicted octanol–water partition coefficient (Wildman–Crippen LogP) is 2.81. The number of carbonyl (C=O) groups excluding carboxylic acids is 1. The lowest BCUT2D eigenvalue weighted by atomic mass is 10.1. The van der Waals surface area contributed by atoms with Gasteiger partial charge in [-0.1, -0.05) is 6.07 Å². The van der Waals surface area contributed by atoms with Crippen LogP contribution in [0.2, 0.25) is 0 Å². The fourth-order valence-electron chi connectivity index (χ4n) is 2.91. The number of aromatic nitrogens is 2. The summed E-state index contributed by atoms with van der Waals surface area (Å²) in [6, 6.07) is 5.14. The molecule has 0 radical (unpaired) electrons. The van der Waals surface area contributed by atoms with E-state index in [1.807, 2.05) is 37.6 Å². The number of nitrogens with one attached hydrogen (secondary N) is 1. The molecule has 0 aliphatic heterocycles. The van der Waals surface area contributed by atoms with E-state index < -0.39 is 5.97 Å². The van der Waals surface area contributed by atoms with E-state index in [0.29, 0.717) is 10.9 Å². The number of aromatic amines is 1. The minimum absolute atomic E-state index is 0.178. The lowest BCUT2D eigenvalue weighted by Gasteiger charge is -2.06. The van der Waals surface area contributed by atoms with Gasteiger partial charge in [-0.15, -0.1) is 0 Å². The third-order valence-corrected chi connectivity index (χ3v) is 4.25. The Morgan fingerprint density at radius 2 is 2.05 bits per heavy atom. The second-order valence-electron chi connectivity index (χ2n) is 5.42. The SMILES string of the molecule is CCOC(=O)c1cc(=O)c2c(ccc3c(C)c(C)n(C)c32)[nH]1. The molecule has 5 nitrogen and oxygen atoms in total. The molecule has 0 fully saturated rings. The van der Waals surface area contributed by atoms with Crippen molar-refractivity contribution in [3.63, 3.8) is 0 Å². The maximum atomic E-state index is 12.6. The number of carbonyl (C=O) groups is 1. The Morgan fingerprint density at radius 3 is 2.73 bits per heavy atom. The summed E-state index contributed by atoms with van der Waals surface area (Å²) in [4.78, 5) is 27.4. The molecule has 0 saturated carbocycles. The van der Waals surface area contributed by atoms with Gasteiger partial charge in [0.2, 0.25) is 0 Å². The van der Waals surface area contributed by atoms with Crippen molar-refractivity contribution in [3.8, 4) is 0 Å². The Labute approximate surface area is 127 Å². The Bertz CT molecular complexity index is 964. The zero-order chi connectivity index (χ0) is 16.0. The number of hydrogen-bond acceptors (Lipinski definition) is 3. The highest BCUT2D eigenvalue weighted by Gasteiger charge is 2.16. The monoisotopic (exact) mass is 298 g/mol. The average molecular weight is 298 g/mol. The van der Waals surface area contributed by atoms with Crippen LogP contribution in [0.5, 0.6) is 0 Å². The molecule has 0 bridgehead atoms. The van der Waals surface area contributed by atoms with Crippen LogP contribution in [0.15, 0.2) is 23.0 Å². The number of rotatable bonds is 2. The number of hydrogen-bond donors (Lipinski definition) is 1. The first kappa shape index (κ1) is 14.4. The Hall–Kier alpha value is -2.56. The van der Waals surface area contributed by atoms with E-state index in [0.717, 1.165) is 22.2 Å². The molecule has 0 aliphatic rings. The zero-order valence-electron chi connectivity index (χ0n) is 13.1. The van der Waals surface area contributed by atoms with Crippen LogP contribution < -0.4 is 5.43 Å². The number of pyridine rings is 1. The summed E-state index contributed by atoms with van der Waals surface area (Å²) in [6.45, 7) is 6.08. The summed E-state index contributed by atoms with van der Waals surface area (Å²) in [5, 5.41) is 1.66. The zero-order valence-corrected chi connectivity index (χ0v) is 13.1. The van der Waals surface area contributed by atoms with Gasteiger partial charge in [-0.3, -0.25) is 4.79 Å². The molecule has 5 heteroatoms. The molecule has 1 aromatic carbocycles. The summed E-state index contributed by atoms with van der Waals surface area (Å²) in [7, 11) is 1.95. The van der Waals surface area contributed by atoms with Crippen molar-refractivity contribution in [1.29, 1.82) is 0 Å². The minimum atomic E-state index is -0.513. The van der Waals surface area contributed by atoms with Gasteiger partial charge in [0.15, 0.2) is 5.43 Å². The maximum absolute atomic E-state index is 12.6. The third kappa shape index (κ3) is 1.93. The first-order chi connectivity index (χ1) is 10.5. The van der Waals surface area contributed by atoms with E-state index in [-0.39, 0.29) is 17.7 Å². The second kappa shape index (κ2) is 5.02. The van der Waals surface area contributed by atoms with Crippen molar-refractivity contribution in [3.05, 3.63) is 45.4 Å². The van der Waals surface area contributed by atoms with Crippen LogP contribution in [0.1, 0.15) is 28.7 Å². The largest absolute Gasteiger partial charge is 0.461 e. The van der Waals surface area contributed by atoms with Crippen molar-refractivity contribution in [2.45, 2.75) is 20.8 Å². The molecule has 0 unspecified atom stereocenters. The van der Waals surface area contributed by atoms with Crippen LogP contribution >= 0.6 is 0 Å². The highest BCUT2D eigenvalue weighted by atomic mass is 16.5. The van der Waals surface area contributed by atoms with Crippen LogP contribution in [0, 0.1) is 13.8 Å². The average Bonchev–Trinajstić information content (AvgIpc) is 2.72. The lowest BCUT2D eigenvalue weighted by molar-refractivity contribution is 0.0520. The molecule has 114 valence electrons. The molecule has 2 aromatic heterocycles. The second-order valence-corrected chi connectivity index (χ2v) is 5.42. The van der Waals surface area contributed by atoms with Gasteiger partial charge in [0.1, 0.15) is 5.69 Å². The molecule has 0 spiro atoms. The summed E-state index contributed by atoms with van der Waals surface area (Å²) < 4.78 is 6.97. The van der Waals surface area contributed by atoms with Crippen molar-refractivity contribution >= 4 is 27.8 Å². The van der Waals surface area contributed by atoms with E-state index in [2.05, 4.69) is 4.98 Å². The summed E-state index contributed by atoms with van der Waals surface area (Å²) in [6.07, 6.45) is 0. The molecule has 1 N–H and O–H groups in total. The van der Waals surface area contributed by atoms with Crippen LogP contribution in [0.4, 0.5) is 0 Å². The smallest absolute Gasteiger partial charge is 0.354 e. The molecule has 0 aliphatic carbocycles. The third-order valence-electron chi connectivity index (χ3n) is 4.25. The lowest BCUT2D eigenvalue weighted by Crippen LogP contribution is -2.13. The minimum Gasteiger partial charge on any atom is -0.461 e. The molecule has 22 heavy (non-hydrogen) atoms. The topological polar surface area (TPSA) is 64.1 Å².